The van der Waals surface area contributed by atoms with Crippen molar-refractivity contribution in [2.24, 2.45) is 0 Å². The van der Waals surface area contributed by atoms with Crippen LogP contribution in [0.15, 0.2) is 0 Å². The highest BCUT2D eigenvalue weighted by atomic mass is 16.5. The molecule has 1 unspecified atom stereocenters. The molecule has 0 aromatic carbocycles. The second kappa shape index (κ2) is 5.07. The van der Waals surface area contributed by atoms with E-state index in [1.165, 1.54) is 12.8 Å². The third-order valence-corrected chi connectivity index (χ3v) is 4.05. The van der Waals surface area contributed by atoms with Crippen LogP contribution in [-0.2, 0) is 4.74 Å². The van der Waals surface area contributed by atoms with E-state index in [4.69, 9.17) is 12.6 Å². The van der Waals surface area contributed by atoms with Crippen LogP contribution in [0.3, 0.4) is 0 Å². The maximum absolute atomic E-state index is 10.6. The first-order valence-electron chi connectivity index (χ1n) is 6.45. The Kier molecular flexibility index (Phi) is 3.93. The van der Waals surface area contributed by atoms with Crippen molar-refractivity contribution in [3.8, 4) is 0 Å². The van der Waals surface area contributed by atoms with Crippen LogP contribution in [0.2, 0.25) is 0 Å². The Morgan fingerprint density at radius 3 is 2.69 bits per heavy atom. The molecular formula is C12H22BNO2. The van der Waals surface area contributed by atoms with Crippen LogP contribution < -0.4 is 5.32 Å². The minimum absolute atomic E-state index is 0.00425. The van der Waals surface area contributed by atoms with Crippen molar-refractivity contribution in [3.05, 3.63) is 0 Å². The standard InChI is InChI=1S/C12H22BNO2/c13-10-14-7-5-11(15)6-8-16-12(9-11)3-1-2-4-12/h14-15H,1-10H2. The van der Waals surface area contributed by atoms with Crippen molar-refractivity contribution in [1.82, 2.24) is 5.32 Å². The molecule has 2 rings (SSSR count). The molecule has 3 nitrogen and oxygen atoms in total. The zero-order valence-electron chi connectivity index (χ0n) is 10.0. The smallest absolute Gasteiger partial charge is 0.0859 e. The fraction of sp³-hybridized carbons (Fsp3) is 1.00. The van der Waals surface area contributed by atoms with Gasteiger partial charge in [-0.25, -0.2) is 0 Å². The number of ether oxygens (including phenoxy) is 1. The van der Waals surface area contributed by atoms with Crippen LogP contribution in [0.25, 0.3) is 0 Å². The second-order valence-corrected chi connectivity index (χ2v) is 5.34. The molecule has 0 aromatic rings. The fourth-order valence-corrected chi connectivity index (χ4v) is 3.17. The Balaban J connectivity index is 1.89. The Labute approximate surface area is 99.4 Å². The van der Waals surface area contributed by atoms with Gasteiger partial charge in [-0.1, -0.05) is 12.8 Å². The summed E-state index contributed by atoms with van der Waals surface area (Å²) in [5, 5.41) is 13.6. The third-order valence-electron chi connectivity index (χ3n) is 4.05. The van der Waals surface area contributed by atoms with Crippen LogP contribution in [-0.4, -0.2) is 43.8 Å². The van der Waals surface area contributed by atoms with Gasteiger partial charge in [-0.15, -0.1) is 0 Å². The van der Waals surface area contributed by atoms with E-state index in [1.54, 1.807) is 0 Å². The summed E-state index contributed by atoms with van der Waals surface area (Å²) in [4.78, 5) is 0. The molecule has 90 valence electrons. The van der Waals surface area contributed by atoms with E-state index >= 15 is 0 Å². The second-order valence-electron chi connectivity index (χ2n) is 5.34. The summed E-state index contributed by atoms with van der Waals surface area (Å²) in [5.41, 5.74) is -0.541. The molecule has 16 heavy (non-hydrogen) atoms. The van der Waals surface area contributed by atoms with Crippen molar-refractivity contribution >= 4 is 7.85 Å². The Hall–Kier alpha value is -0.0551. The molecule has 1 saturated heterocycles. The van der Waals surface area contributed by atoms with Crippen molar-refractivity contribution in [2.75, 3.05) is 19.6 Å². The highest BCUT2D eigenvalue weighted by molar-refractivity contribution is 6.08. The van der Waals surface area contributed by atoms with E-state index in [-0.39, 0.29) is 5.60 Å². The van der Waals surface area contributed by atoms with Gasteiger partial charge in [-0.2, -0.15) is 0 Å². The minimum Gasteiger partial charge on any atom is -0.390 e. The molecule has 1 spiro atoms. The Bertz CT molecular complexity index is 231. The predicted octanol–water partition coefficient (Wildman–Crippen LogP) is 0.946. The van der Waals surface area contributed by atoms with E-state index in [9.17, 15) is 5.11 Å². The molecule has 2 N–H and O–H groups in total. The molecule has 1 atom stereocenters. The lowest BCUT2D eigenvalue weighted by molar-refractivity contribution is -0.159. The molecule has 1 aliphatic carbocycles. The molecule has 1 saturated carbocycles. The van der Waals surface area contributed by atoms with E-state index in [1.807, 2.05) is 0 Å². The van der Waals surface area contributed by atoms with Gasteiger partial charge in [-0.3, -0.25) is 0 Å². The summed E-state index contributed by atoms with van der Waals surface area (Å²) in [6.07, 6.45) is 7.59. The summed E-state index contributed by atoms with van der Waals surface area (Å²) in [7, 11) is 5.39. The van der Waals surface area contributed by atoms with Crippen LogP contribution in [0, 0.1) is 0 Å². The SMILES string of the molecule is [B]CNCCC1(O)CCOC2(CCCC2)C1. The van der Waals surface area contributed by atoms with E-state index in [0.717, 1.165) is 38.6 Å². The minimum atomic E-state index is -0.537. The van der Waals surface area contributed by atoms with Gasteiger partial charge in [0.25, 0.3) is 0 Å². The van der Waals surface area contributed by atoms with Gasteiger partial charge in [0.2, 0.25) is 0 Å². The highest BCUT2D eigenvalue weighted by Crippen LogP contribution is 2.44. The topological polar surface area (TPSA) is 41.5 Å². The van der Waals surface area contributed by atoms with Gasteiger partial charge in [0.05, 0.1) is 25.7 Å². The third kappa shape index (κ3) is 2.79. The molecule has 2 aliphatic rings. The van der Waals surface area contributed by atoms with E-state index < -0.39 is 5.60 Å². The summed E-state index contributed by atoms with van der Waals surface area (Å²) < 4.78 is 5.92. The van der Waals surface area contributed by atoms with Crippen molar-refractivity contribution in [1.29, 1.82) is 0 Å². The van der Waals surface area contributed by atoms with Gasteiger partial charge < -0.3 is 15.2 Å². The number of hydrogen-bond donors (Lipinski definition) is 2. The average Bonchev–Trinajstić information content (AvgIpc) is 2.66. The monoisotopic (exact) mass is 223 g/mol. The lowest BCUT2D eigenvalue weighted by Crippen LogP contribution is -2.48. The summed E-state index contributed by atoms with van der Waals surface area (Å²) in [5.74, 6) is 0. The average molecular weight is 223 g/mol. The van der Waals surface area contributed by atoms with Gasteiger partial charge >= 0.3 is 0 Å². The maximum Gasteiger partial charge on any atom is 0.0859 e. The first-order valence-corrected chi connectivity index (χ1v) is 6.45. The summed E-state index contributed by atoms with van der Waals surface area (Å²) in [6, 6.07) is 0. The van der Waals surface area contributed by atoms with E-state index in [2.05, 4.69) is 5.32 Å². The molecule has 2 radical (unpaired) electrons. The largest absolute Gasteiger partial charge is 0.390 e. The summed E-state index contributed by atoms with van der Waals surface area (Å²) in [6.45, 7) is 1.50. The zero-order valence-corrected chi connectivity index (χ0v) is 10.0. The van der Waals surface area contributed by atoms with Crippen molar-refractivity contribution in [3.63, 3.8) is 0 Å². The molecule has 0 bridgehead atoms. The fourth-order valence-electron chi connectivity index (χ4n) is 3.17. The van der Waals surface area contributed by atoms with Gasteiger partial charge in [0, 0.05) is 6.42 Å². The lowest BCUT2D eigenvalue weighted by Gasteiger charge is -2.43. The molecule has 2 fully saturated rings. The number of rotatable bonds is 4. The maximum atomic E-state index is 10.6. The van der Waals surface area contributed by atoms with Crippen LogP contribution in [0.4, 0.5) is 0 Å². The molecule has 0 aromatic heterocycles. The normalized spacial score (nSPS) is 33.3. The molecule has 4 heteroatoms. The number of nitrogens with one attached hydrogen (secondary N) is 1. The lowest BCUT2D eigenvalue weighted by atomic mass is 9.79. The zero-order chi connectivity index (χ0) is 11.5. The van der Waals surface area contributed by atoms with Gasteiger partial charge in [0.15, 0.2) is 0 Å². The Morgan fingerprint density at radius 2 is 2.00 bits per heavy atom. The van der Waals surface area contributed by atoms with Crippen LogP contribution in [0.5, 0.6) is 0 Å². The van der Waals surface area contributed by atoms with Crippen LogP contribution in [0.1, 0.15) is 44.9 Å². The first kappa shape index (κ1) is 12.4. The molecular weight excluding hydrogens is 201 g/mol. The quantitative estimate of drug-likeness (QED) is 0.550. The van der Waals surface area contributed by atoms with Gasteiger partial charge in [-0.05, 0) is 38.7 Å². The van der Waals surface area contributed by atoms with Crippen LogP contribution >= 0.6 is 0 Å². The first-order chi connectivity index (χ1) is 7.68. The van der Waals surface area contributed by atoms with Crippen molar-refractivity contribution in [2.45, 2.75) is 56.1 Å². The van der Waals surface area contributed by atoms with E-state index in [0.29, 0.717) is 13.1 Å². The number of aliphatic hydroxyl groups is 1. The van der Waals surface area contributed by atoms with Crippen molar-refractivity contribution < 1.29 is 9.84 Å². The molecule has 0 amide bonds. The number of hydrogen-bond acceptors (Lipinski definition) is 3. The Morgan fingerprint density at radius 1 is 1.25 bits per heavy atom. The molecule has 1 aliphatic heterocycles. The summed E-state index contributed by atoms with van der Waals surface area (Å²) >= 11 is 0. The highest BCUT2D eigenvalue weighted by Gasteiger charge is 2.45. The molecule has 1 heterocycles. The van der Waals surface area contributed by atoms with Gasteiger partial charge in [0.1, 0.15) is 0 Å². The predicted molar refractivity (Wildman–Crippen MR) is 64.6 cm³/mol.